The van der Waals surface area contributed by atoms with E-state index >= 15 is 0 Å². The Morgan fingerprint density at radius 3 is 2.27 bits per heavy atom. The molecule has 1 aromatic rings. The predicted octanol–water partition coefficient (Wildman–Crippen LogP) is 3.00. The Morgan fingerprint density at radius 1 is 1.23 bits per heavy atom. The Bertz CT molecular complexity index is 589. The molecule has 0 fully saturated rings. The number of hydrogen-bond donors (Lipinski definition) is 1. The van der Waals surface area contributed by atoms with Crippen molar-refractivity contribution in [3.05, 3.63) is 35.4 Å². The van der Waals surface area contributed by atoms with Gasteiger partial charge in [-0.25, -0.2) is 21.9 Å². The van der Waals surface area contributed by atoms with Crippen molar-refractivity contribution in [2.24, 2.45) is 11.3 Å². The fraction of sp³-hybridized carbons (Fsp3) is 0.625. The quantitative estimate of drug-likeness (QED) is 0.835. The maximum absolute atomic E-state index is 12.5. The monoisotopic (exact) mass is 331 g/mol. The minimum absolute atomic E-state index is 0.0410. The van der Waals surface area contributed by atoms with Crippen molar-refractivity contribution in [1.29, 1.82) is 0 Å². The van der Waals surface area contributed by atoms with E-state index in [0.29, 0.717) is 0 Å². The highest BCUT2D eigenvalue weighted by Crippen LogP contribution is 2.28. The summed E-state index contributed by atoms with van der Waals surface area (Å²) < 4.78 is 51.7. The molecule has 1 aliphatic carbocycles. The molecule has 6 heteroatoms. The van der Waals surface area contributed by atoms with E-state index in [9.17, 15) is 17.2 Å². The van der Waals surface area contributed by atoms with Gasteiger partial charge < -0.3 is 0 Å². The first kappa shape index (κ1) is 17.3. The van der Waals surface area contributed by atoms with E-state index in [4.69, 9.17) is 0 Å². The Kier molecular flexibility index (Phi) is 5.22. The van der Waals surface area contributed by atoms with Crippen LogP contribution in [0.3, 0.4) is 0 Å². The molecule has 0 saturated heterocycles. The summed E-state index contributed by atoms with van der Waals surface area (Å²) in [5, 5.41) is 0. The molecule has 0 unspecified atom stereocenters. The van der Waals surface area contributed by atoms with Gasteiger partial charge in [-0.1, -0.05) is 38.1 Å². The summed E-state index contributed by atoms with van der Waals surface area (Å²) in [6, 6.07) is 7.98. The summed E-state index contributed by atoms with van der Waals surface area (Å²) in [4.78, 5) is 0. The van der Waals surface area contributed by atoms with E-state index in [0.717, 1.165) is 12.8 Å². The number of halogens is 2. The van der Waals surface area contributed by atoms with Crippen molar-refractivity contribution in [2.75, 3.05) is 12.3 Å². The van der Waals surface area contributed by atoms with Gasteiger partial charge in [0.1, 0.15) is 0 Å². The van der Waals surface area contributed by atoms with E-state index < -0.39 is 21.9 Å². The maximum Gasteiger partial charge on any atom is 0.239 e. The molecule has 0 heterocycles. The topological polar surface area (TPSA) is 46.2 Å². The van der Waals surface area contributed by atoms with Crippen LogP contribution in [0.25, 0.3) is 0 Å². The molecule has 0 amide bonds. The second-order valence-electron chi connectivity index (χ2n) is 6.90. The van der Waals surface area contributed by atoms with Gasteiger partial charge >= 0.3 is 0 Å². The lowest BCUT2D eigenvalue weighted by molar-refractivity contribution is 0.0890. The van der Waals surface area contributed by atoms with Gasteiger partial charge in [0.05, 0.1) is 5.75 Å². The highest BCUT2D eigenvalue weighted by molar-refractivity contribution is 7.89. The van der Waals surface area contributed by atoms with Gasteiger partial charge in [0.25, 0.3) is 0 Å². The van der Waals surface area contributed by atoms with Gasteiger partial charge in [-0.15, -0.1) is 0 Å². The van der Waals surface area contributed by atoms with Crippen LogP contribution in [-0.4, -0.2) is 27.1 Å². The Labute approximate surface area is 131 Å². The second-order valence-corrected chi connectivity index (χ2v) is 8.76. The molecule has 22 heavy (non-hydrogen) atoms. The van der Waals surface area contributed by atoms with Crippen molar-refractivity contribution in [3.63, 3.8) is 0 Å². The molecule has 1 aromatic carbocycles. The van der Waals surface area contributed by atoms with Crippen LogP contribution in [0.15, 0.2) is 24.3 Å². The molecule has 0 saturated carbocycles. The number of benzene rings is 1. The highest BCUT2D eigenvalue weighted by atomic mass is 32.2. The standard InChI is InChI=1S/C16H23F2NO2S/c1-16(2,9-15(17)18)11-19-22(20,21)10-12-7-13-5-3-4-6-14(13)8-12/h3-6,12,15,19H,7-11H2,1-2H3. The lowest BCUT2D eigenvalue weighted by Gasteiger charge is -2.24. The molecule has 0 bridgehead atoms. The van der Waals surface area contributed by atoms with Crippen LogP contribution in [0.1, 0.15) is 31.4 Å². The first-order valence-corrected chi connectivity index (χ1v) is 9.14. The Morgan fingerprint density at radius 2 is 1.77 bits per heavy atom. The third-order valence-electron chi connectivity index (χ3n) is 4.07. The SMILES string of the molecule is CC(C)(CNS(=O)(=O)CC1Cc2ccccc2C1)CC(F)F. The van der Waals surface area contributed by atoms with E-state index in [1.165, 1.54) is 11.1 Å². The summed E-state index contributed by atoms with van der Waals surface area (Å²) in [6.45, 7) is 3.33. The van der Waals surface area contributed by atoms with Crippen LogP contribution in [0.2, 0.25) is 0 Å². The molecule has 0 radical (unpaired) electrons. The van der Waals surface area contributed by atoms with Crippen LogP contribution in [0.4, 0.5) is 8.78 Å². The van der Waals surface area contributed by atoms with Crippen molar-refractivity contribution in [1.82, 2.24) is 4.72 Å². The van der Waals surface area contributed by atoms with Crippen LogP contribution in [0, 0.1) is 11.3 Å². The van der Waals surface area contributed by atoms with Crippen LogP contribution < -0.4 is 4.72 Å². The van der Waals surface area contributed by atoms with Gasteiger partial charge in [0, 0.05) is 13.0 Å². The van der Waals surface area contributed by atoms with Crippen molar-refractivity contribution >= 4 is 10.0 Å². The van der Waals surface area contributed by atoms with Crippen LogP contribution in [-0.2, 0) is 22.9 Å². The number of hydrogen-bond acceptors (Lipinski definition) is 2. The molecule has 2 rings (SSSR count). The normalized spacial score (nSPS) is 16.2. The zero-order chi connectivity index (χ0) is 16.4. The van der Waals surface area contributed by atoms with Crippen LogP contribution >= 0.6 is 0 Å². The molecule has 0 aromatic heterocycles. The van der Waals surface area contributed by atoms with Crippen molar-refractivity contribution < 1.29 is 17.2 Å². The largest absolute Gasteiger partial charge is 0.239 e. The predicted molar refractivity (Wildman–Crippen MR) is 83.5 cm³/mol. The molecular formula is C16H23F2NO2S. The zero-order valence-corrected chi connectivity index (χ0v) is 13.8. The van der Waals surface area contributed by atoms with Gasteiger partial charge in [0.15, 0.2) is 0 Å². The number of alkyl halides is 2. The van der Waals surface area contributed by atoms with Crippen LogP contribution in [0.5, 0.6) is 0 Å². The van der Waals surface area contributed by atoms with Crippen molar-refractivity contribution in [2.45, 2.75) is 39.5 Å². The first-order valence-electron chi connectivity index (χ1n) is 7.49. The highest BCUT2D eigenvalue weighted by Gasteiger charge is 2.29. The van der Waals surface area contributed by atoms with E-state index in [2.05, 4.69) is 4.72 Å². The van der Waals surface area contributed by atoms with Gasteiger partial charge in [-0.05, 0) is 35.3 Å². The fourth-order valence-electron chi connectivity index (χ4n) is 2.93. The van der Waals surface area contributed by atoms with Gasteiger partial charge in [-0.2, -0.15) is 0 Å². The molecule has 0 aliphatic heterocycles. The van der Waals surface area contributed by atoms with E-state index in [1.807, 2.05) is 24.3 Å². The number of nitrogens with one attached hydrogen (secondary N) is 1. The summed E-state index contributed by atoms with van der Waals surface area (Å²) in [6.07, 6.45) is -1.22. The van der Waals surface area contributed by atoms with Crippen molar-refractivity contribution in [3.8, 4) is 0 Å². The molecule has 0 atom stereocenters. The molecule has 1 aliphatic rings. The third kappa shape index (κ3) is 5.02. The zero-order valence-electron chi connectivity index (χ0n) is 13.0. The number of rotatable bonds is 7. The number of sulfonamides is 1. The Hall–Kier alpha value is -1.01. The average molecular weight is 331 g/mol. The van der Waals surface area contributed by atoms with E-state index in [1.54, 1.807) is 13.8 Å². The molecular weight excluding hydrogens is 308 g/mol. The maximum atomic E-state index is 12.5. The minimum atomic E-state index is -3.45. The van der Waals surface area contributed by atoms with E-state index in [-0.39, 0.29) is 24.6 Å². The summed E-state index contributed by atoms with van der Waals surface area (Å²) in [5.41, 5.74) is 1.67. The number of fused-ring (bicyclic) bond motifs is 1. The summed E-state index contributed by atoms with van der Waals surface area (Å²) in [7, 11) is -3.45. The second kappa shape index (κ2) is 6.62. The Balaban J connectivity index is 1.88. The molecule has 124 valence electrons. The molecule has 3 nitrogen and oxygen atoms in total. The molecule has 0 spiro atoms. The first-order chi connectivity index (χ1) is 10.2. The lowest BCUT2D eigenvalue weighted by Crippen LogP contribution is -2.37. The summed E-state index contributed by atoms with van der Waals surface area (Å²) in [5.74, 6) is 0.111. The lowest BCUT2D eigenvalue weighted by atomic mass is 9.90. The van der Waals surface area contributed by atoms with Gasteiger partial charge in [0.2, 0.25) is 16.4 Å². The average Bonchev–Trinajstić information content (AvgIpc) is 2.76. The third-order valence-corrected chi connectivity index (χ3v) is 5.56. The summed E-state index contributed by atoms with van der Waals surface area (Å²) >= 11 is 0. The fourth-order valence-corrected chi connectivity index (χ4v) is 4.52. The smallest absolute Gasteiger partial charge is 0.215 e. The van der Waals surface area contributed by atoms with Gasteiger partial charge in [-0.3, -0.25) is 0 Å². The molecule has 1 N–H and O–H groups in total. The minimum Gasteiger partial charge on any atom is -0.215 e.